The summed E-state index contributed by atoms with van der Waals surface area (Å²) in [5.41, 5.74) is 5.72. The first-order valence-corrected chi connectivity index (χ1v) is 4.80. The van der Waals surface area contributed by atoms with Crippen molar-refractivity contribution in [3.05, 3.63) is 0 Å². The van der Waals surface area contributed by atoms with Crippen LogP contribution in [-0.4, -0.2) is 29.9 Å². The number of carbonyl (C=O) groups is 1. The normalized spacial score (nSPS) is 19.7. The molecular formula is C9H18N2O. The fourth-order valence-corrected chi connectivity index (χ4v) is 1.61. The second kappa shape index (κ2) is 4.45. The molecular weight excluding hydrogens is 152 g/mol. The molecule has 3 nitrogen and oxygen atoms in total. The molecule has 1 rings (SSSR count). The smallest absolute Gasteiger partial charge is 0.239 e. The molecule has 0 unspecified atom stereocenters. The molecule has 1 aliphatic heterocycles. The second-order valence-corrected chi connectivity index (χ2v) is 3.43. The lowest BCUT2D eigenvalue weighted by Gasteiger charge is -2.19. The molecule has 0 bridgehead atoms. The van der Waals surface area contributed by atoms with E-state index in [0.29, 0.717) is 0 Å². The molecule has 0 aromatic heterocycles. The van der Waals surface area contributed by atoms with Crippen LogP contribution in [0.25, 0.3) is 0 Å². The van der Waals surface area contributed by atoms with Crippen molar-refractivity contribution in [3.63, 3.8) is 0 Å². The highest BCUT2D eigenvalue weighted by Gasteiger charge is 2.22. The summed E-state index contributed by atoms with van der Waals surface area (Å²) >= 11 is 0. The molecule has 0 spiro atoms. The summed E-state index contributed by atoms with van der Waals surface area (Å²) in [6, 6.07) is -0.256. The van der Waals surface area contributed by atoms with Crippen LogP contribution in [0.4, 0.5) is 0 Å². The minimum absolute atomic E-state index is 0.148. The Morgan fingerprint density at radius 2 is 2.08 bits per heavy atom. The van der Waals surface area contributed by atoms with Crippen molar-refractivity contribution in [2.24, 2.45) is 5.73 Å². The van der Waals surface area contributed by atoms with Crippen molar-refractivity contribution in [1.29, 1.82) is 0 Å². The Balaban J connectivity index is 2.34. The highest BCUT2D eigenvalue weighted by atomic mass is 16.2. The van der Waals surface area contributed by atoms with Crippen molar-refractivity contribution < 1.29 is 4.79 Å². The summed E-state index contributed by atoms with van der Waals surface area (Å²) in [6.45, 7) is 3.88. The van der Waals surface area contributed by atoms with Gasteiger partial charge in [-0.25, -0.2) is 0 Å². The zero-order chi connectivity index (χ0) is 8.97. The molecule has 12 heavy (non-hydrogen) atoms. The minimum Gasteiger partial charge on any atom is -0.341 e. The molecule has 3 heteroatoms. The molecule has 0 saturated carbocycles. The van der Waals surface area contributed by atoms with Crippen LogP contribution in [0.2, 0.25) is 0 Å². The zero-order valence-corrected chi connectivity index (χ0v) is 7.75. The number of hydrogen-bond donors (Lipinski definition) is 1. The van der Waals surface area contributed by atoms with Gasteiger partial charge in [-0.15, -0.1) is 0 Å². The van der Waals surface area contributed by atoms with Crippen molar-refractivity contribution in [2.75, 3.05) is 13.1 Å². The standard InChI is InChI=1S/C9H18N2O/c1-2-5-8(10)9(12)11-6-3-4-7-11/h8H,2-7,10H2,1H3/t8-/m1/s1. The van der Waals surface area contributed by atoms with Crippen LogP contribution in [0.5, 0.6) is 0 Å². The number of hydrogen-bond acceptors (Lipinski definition) is 2. The van der Waals surface area contributed by atoms with Gasteiger partial charge < -0.3 is 10.6 Å². The van der Waals surface area contributed by atoms with E-state index < -0.39 is 0 Å². The van der Waals surface area contributed by atoms with Crippen LogP contribution in [0.3, 0.4) is 0 Å². The van der Waals surface area contributed by atoms with E-state index in [1.54, 1.807) is 0 Å². The first-order valence-electron chi connectivity index (χ1n) is 4.80. The van der Waals surface area contributed by atoms with Crippen molar-refractivity contribution in [2.45, 2.75) is 38.6 Å². The lowest BCUT2D eigenvalue weighted by atomic mass is 10.1. The van der Waals surface area contributed by atoms with Crippen molar-refractivity contribution in [3.8, 4) is 0 Å². The SMILES string of the molecule is CCC[C@@H](N)C(=O)N1CCCC1. The van der Waals surface area contributed by atoms with Gasteiger partial charge in [0.25, 0.3) is 0 Å². The van der Waals surface area contributed by atoms with Crippen LogP contribution >= 0.6 is 0 Å². The predicted octanol–water partition coefficient (Wildman–Crippen LogP) is 0.736. The number of rotatable bonds is 3. The third-order valence-corrected chi connectivity index (χ3v) is 2.33. The molecule has 1 fully saturated rings. The average molecular weight is 170 g/mol. The van der Waals surface area contributed by atoms with E-state index in [9.17, 15) is 4.79 Å². The summed E-state index contributed by atoms with van der Waals surface area (Å²) in [5.74, 6) is 0.148. The number of likely N-dealkylation sites (tertiary alicyclic amines) is 1. The van der Waals surface area contributed by atoms with Crippen LogP contribution in [0.1, 0.15) is 32.6 Å². The number of carbonyl (C=O) groups excluding carboxylic acids is 1. The molecule has 1 heterocycles. The minimum atomic E-state index is -0.256. The third-order valence-electron chi connectivity index (χ3n) is 2.33. The van der Waals surface area contributed by atoms with Gasteiger partial charge in [0.1, 0.15) is 0 Å². The van der Waals surface area contributed by atoms with E-state index in [2.05, 4.69) is 6.92 Å². The van der Waals surface area contributed by atoms with E-state index in [4.69, 9.17) is 5.73 Å². The maximum absolute atomic E-state index is 11.5. The van der Waals surface area contributed by atoms with Crippen LogP contribution in [0, 0.1) is 0 Å². The van der Waals surface area contributed by atoms with Gasteiger partial charge in [0, 0.05) is 13.1 Å². The lowest BCUT2D eigenvalue weighted by Crippen LogP contribution is -2.42. The summed E-state index contributed by atoms with van der Waals surface area (Å²) in [6.07, 6.45) is 4.09. The molecule has 1 amide bonds. The maximum atomic E-state index is 11.5. The maximum Gasteiger partial charge on any atom is 0.239 e. The number of amides is 1. The van der Waals surface area contributed by atoms with Gasteiger partial charge in [0.15, 0.2) is 0 Å². The van der Waals surface area contributed by atoms with Gasteiger partial charge in [0.2, 0.25) is 5.91 Å². The molecule has 1 atom stereocenters. The predicted molar refractivity (Wildman–Crippen MR) is 48.7 cm³/mol. The van der Waals surface area contributed by atoms with Gasteiger partial charge in [0.05, 0.1) is 6.04 Å². The summed E-state index contributed by atoms with van der Waals surface area (Å²) < 4.78 is 0. The fraction of sp³-hybridized carbons (Fsp3) is 0.889. The summed E-state index contributed by atoms with van der Waals surface area (Å²) in [5, 5.41) is 0. The zero-order valence-electron chi connectivity index (χ0n) is 7.75. The Morgan fingerprint density at radius 1 is 1.50 bits per heavy atom. The number of nitrogens with two attached hydrogens (primary N) is 1. The van der Waals surface area contributed by atoms with E-state index in [-0.39, 0.29) is 11.9 Å². The molecule has 2 N–H and O–H groups in total. The molecule has 1 saturated heterocycles. The largest absolute Gasteiger partial charge is 0.341 e. The Bertz CT molecular complexity index is 153. The Labute approximate surface area is 73.9 Å². The van der Waals surface area contributed by atoms with Gasteiger partial charge in [-0.3, -0.25) is 4.79 Å². The van der Waals surface area contributed by atoms with E-state index in [0.717, 1.165) is 38.8 Å². The Morgan fingerprint density at radius 3 is 2.58 bits per heavy atom. The monoisotopic (exact) mass is 170 g/mol. The van der Waals surface area contributed by atoms with E-state index >= 15 is 0 Å². The van der Waals surface area contributed by atoms with Gasteiger partial charge in [-0.2, -0.15) is 0 Å². The van der Waals surface area contributed by atoms with Gasteiger partial charge in [-0.05, 0) is 19.3 Å². The molecule has 0 aromatic carbocycles. The highest BCUT2D eigenvalue weighted by Crippen LogP contribution is 2.09. The fourth-order valence-electron chi connectivity index (χ4n) is 1.61. The van der Waals surface area contributed by atoms with Crippen LogP contribution in [0.15, 0.2) is 0 Å². The molecule has 70 valence electrons. The van der Waals surface area contributed by atoms with Gasteiger partial charge >= 0.3 is 0 Å². The Kier molecular flexibility index (Phi) is 3.53. The average Bonchev–Trinajstić information content (AvgIpc) is 2.55. The van der Waals surface area contributed by atoms with Crippen LogP contribution in [-0.2, 0) is 4.79 Å². The van der Waals surface area contributed by atoms with Crippen molar-refractivity contribution in [1.82, 2.24) is 4.90 Å². The van der Waals surface area contributed by atoms with Crippen molar-refractivity contribution >= 4 is 5.91 Å². The molecule has 1 aliphatic rings. The lowest BCUT2D eigenvalue weighted by molar-refractivity contribution is -0.131. The van der Waals surface area contributed by atoms with E-state index in [1.165, 1.54) is 0 Å². The molecule has 0 aliphatic carbocycles. The first kappa shape index (κ1) is 9.52. The first-order chi connectivity index (χ1) is 5.75. The third kappa shape index (κ3) is 2.21. The van der Waals surface area contributed by atoms with Gasteiger partial charge in [-0.1, -0.05) is 13.3 Å². The second-order valence-electron chi connectivity index (χ2n) is 3.43. The highest BCUT2D eigenvalue weighted by molar-refractivity contribution is 5.81. The van der Waals surface area contributed by atoms with Crippen LogP contribution < -0.4 is 5.73 Å². The quantitative estimate of drug-likeness (QED) is 0.679. The topological polar surface area (TPSA) is 46.3 Å². The summed E-state index contributed by atoms with van der Waals surface area (Å²) in [4.78, 5) is 13.4. The Hall–Kier alpha value is -0.570. The number of nitrogens with zero attached hydrogens (tertiary/aromatic N) is 1. The molecule has 0 aromatic rings. The molecule has 0 radical (unpaired) electrons. The van der Waals surface area contributed by atoms with E-state index in [1.807, 2.05) is 4.90 Å². The summed E-state index contributed by atoms with van der Waals surface area (Å²) in [7, 11) is 0.